The summed E-state index contributed by atoms with van der Waals surface area (Å²) in [5.41, 5.74) is 1.63. The summed E-state index contributed by atoms with van der Waals surface area (Å²) >= 11 is 0. The topological polar surface area (TPSA) is 74.4 Å². The quantitative estimate of drug-likeness (QED) is 0.835. The minimum absolute atomic E-state index is 0.00106. The van der Waals surface area contributed by atoms with Crippen LogP contribution in [0, 0.1) is 0 Å². The van der Waals surface area contributed by atoms with E-state index in [1.165, 1.54) is 0 Å². The van der Waals surface area contributed by atoms with E-state index in [1.54, 1.807) is 17.1 Å². The molecule has 0 aromatic carbocycles. The highest BCUT2D eigenvalue weighted by Crippen LogP contribution is 2.27. The standard InChI is InChI=1S/C17H23N5O3/c1-20-11-13(10-19-20)16-12-25-9-6-21(16)17(23)15-2-5-18-22(15)14-3-7-24-8-4-14/h2,5,10-11,14,16H,3-4,6-9,12H2,1H3. The summed E-state index contributed by atoms with van der Waals surface area (Å²) in [6.07, 6.45) is 7.22. The maximum atomic E-state index is 13.3. The van der Waals surface area contributed by atoms with Gasteiger partial charge in [-0.3, -0.25) is 14.2 Å². The molecule has 0 spiro atoms. The van der Waals surface area contributed by atoms with Crippen LogP contribution in [0.1, 0.15) is 41.0 Å². The molecule has 2 aliphatic heterocycles. The maximum Gasteiger partial charge on any atom is 0.272 e. The lowest BCUT2D eigenvalue weighted by Crippen LogP contribution is -2.44. The van der Waals surface area contributed by atoms with Crippen molar-refractivity contribution in [2.24, 2.45) is 7.05 Å². The molecule has 0 aliphatic carbocycles. The summed E-state index contributed by atoms with van der Waals surface area (Å²) in [4.78, 5) is 15.1. The number of carbonyl (C=O) groups is 1. The third-order valence-corrected chi connectivity index (χ3v) is 4.93. The maximum absolute atomic E-state index is 13.3. The van der Waals surface area contributed by atoms with Crippen LogP contribution in [0.2, 0.25) is 0 Å². The van der Waals surface area contributed by atoms with Crippen LogP contribution in [-0.2, 0) is 16.5 Å². The van der Waals surface area contributed by atoms with Gasteiger partial charge in [-0.05, 0) is 18.9 Å². The summed E-state index contributed by atoms with van der Waals surface area (Å²) < 4.78 is 14.7. The minimum Gasteiger partial charge on any atom is -0.381 e. The van der Waals surface area contributed by atoms with Crippen molar-refractivity contribution in [2.75, 3.05) is 33.0 Å². The molecule has 1 amide bonds. The Hall–Kier alpha value is -2.19. The van der Waals surface area contributed by atoms with E-state index in [4.69, 9.17) is 9.47 Å². The highest BCUT2D eigenvalue weighted by molar-refractivity contribution is 5.93. The van der Waals surface area contributed by atoms with Crippen molar-refractivity contribution in [3.8, 4) is 0 Å². The van der Waals surface area contributed by atoms with E-state index >= 15 is 0 Å². The first-order valence-electron chi connectivity index (χ1n) is 8.72. The summed E-state index contributed by atoms with van der Waals surface area (Å²) in [6.45, 7) is 3.04. The van der Waals surface area contributed by atoms with Gasteiger partial charge >= 0.3 is 0 Å². The number of aromatic nitrogens is 4. The number of aryl methyl sites for hydroxylation is 1. The molecule has 0 bridgehead atoms. The van der Waals surface area contributed by atoms with Gasteiger partial charge in [0.25, 0.3) is 5.91 Å². The summed E-state index contributed by atoms with van der Waals surface area (Å²) in [7, 11) is 1.87. The zero-order valence-electron chi connectivity index (χ0n) is 14.4. The Morgan fingerprint density at radius 2 is 2.04 bits per heavy atom. The van der Waals surface area contributed by atoms with Gasteiger partial charge in [-0.2, -0.15) is 10.2 Å². The van der Waals surface area contributed by atoms with Crippen LogP contribution in [-0.4, -0.2) is 63.3 Å². The first kappa shape index (κ1) is 16.3. The fourth-order valence-corrected chi connectivity index (χ4v) is 3.59. The lowest BCUT2D eigenvalue weighted by molar-refractivity contribution is -0.00385. The van der Waals surface area contributed by atoms with Gasteiger partial charge in [0.2, 0.25) is 0 Å². The number of hydrogen-bond donors (Lipinski definition) is 0. The van der Waals surface area contributed by atoms with Gasteiger partial charge in [0.05, 0.1) is 31.5 Å². The number of carbonyl (C=O) groups excluding carboxylic acids is 1. The second-order valence-electron chi connectivity index (χ2n) is 6.54. The molecule has 134 valence electrons. The number of amides is 1. The Kier molecular flexibility index (Phi) is 4.54. The first-order chi connectivity index (χ1) is 12.2. The van der Waals surface area contributed by atoms with E-state index in [1.807, 2.05) is 28.9 Å². The van der Waals surface area contributed by atoms with Crippen LogP contribution >= 0.6 is 0 Å². The van der Waals surface area contributed by atoms with Crippen LogP contribution in [0.3, 0.4) is 0 Å². The van der Waals surface area contributed by atoms with Crippen LogP contribution < -0.4 is 0 Å². The Labute approximate surface area is 146 Å². The largest absolute Gasteiger partial charge is 0.381 e. The molecule has 2 aromatic rings. The molecule has 1 unspecified atom stereocenters. The van der Waals surface area contributed by atoms with E-state index in [2.05, 4.69) is 10.2 Å². The van der Waals surface area contributed by atoms with Crippen molar-refractivity contribution in [1.29, 1.82) is 0 Å². The monoisotopic (exact) mass is 345 g/mol. The third kappa shape index (κ3) is 3.19. The van der Waals surface area contributed by atoms with Gasteiger partial charge in [-0.15, -0.1) is 0 Å². The second-order valence-corrected chi connectivity index (χ2v) is 6.54. The molecule has 2 aromatic heterocycles. The number of morpholine rings is 1. The fourth-order valence-electron chi connectivity index (χ4n) is 3.59. The molecule has 0 N–H and O–H groups in total. The fraction of sp³-hybridized carbons (Fsp3) is 0.588. The Balaban J connectivity index is 1.60. The predicted molar refractivity (Wildman–Crippen MR) is 89.1 cm³/mol. The molecular weight excluding hydrogens is 322 g/mol. The SMILES string of the molecule is Cn1cc(C2COCCN2C(=O)c2ccnn2C2CCOCC2)cn1. The van der Waals surface area contributed by atoms with Gasteiger partial charge in [-0.1, -0.05) is 0 Å². The molecule has 0 saturated carbocycles. The zero-order valence-corrected chi connectivity index (χ0v) is 14.4. The molecule has 1 atom stereocenters. The van der Waals surface area contributed by atoms with Crippen molar-refractivity contribution < 1.29 is 14.3 Å². The molecule has 2 saturated heterocycles. The van der Waals surface area contributed by atoms with Gasteiger partial charge in [0, 0.05) is 44.8 Å². The van der Waals surface area contributed by atoms with Crippen LogP contribution in [0.4, 0.5) is 0 Å². The van der Waals surface area contributed by atoms with Crippen molar-refractivity contribution in [3.63, 3.8) is 0 Å². The molecule has 25 heavy (non-hydrogen) atoms. The van der Waals surface area contributed by atoms with Crippen LogP contribution in [0.25, 0.3) is 0 Å². The lowest BCUT2D eigenvalue weighted by Gasteiger charge is -2.35. The van der Waals surface area contributed by atoms with Crippen molar-refractivity contribution in [1.82, 2.24) is 24.5 Å². The Morgan fingerprint density at radius 1 is 1.20 bits per heavy atom. The number of rotatable bonds is 3. The van der Waals surface area contributed by atoms with E-state index in [9.17, 15) is 4.79 Å². The highest BCUT2D eigenvalue weighted by atomic mass is 16.5. The third-order valence-electron chi connectivity index (χ3n) is 4.93. The summed E-state index contributed by atoms with van der Waals surface area (Å²) in [5, 5.41) is 8.65. The van der Waals surface area contributed by atoms with Gasteiger partial charge in [-0.25, -0.2) is 0 Å². The molecule has 4 heterocycles. The molecule has 2 aliphatic rings. The second kappa shape index (κ2) is 6.97. The molecule has 4 rings (SSSR count). The molecule has 8 heteroatoms. The van der Waals surface area contributed by atoms with Gasteiger partial charge in [0.1, 0.15) is 5.69 Å². The normalized spacial score (nSPS) is 22.3. The van der Waals surface area contributed by atoms with Gasteiger partial charge < -0.3 is 14.4 Å². The lowest BCUT2D eigenvalue weighted by atomic mass is 10.1. The van der Waals surface area contributed by atoms with Gasteiger partial charge in [0.15, 0.2) is 0 Å². The zero-order chi connectivity index (χ0) is 17.2. The summed E-state index contributed by atoms with van der Waals surface area (Å²) in [5.74, 6) is 0.00106. The average Bonchev–Trinajstić information content (AvgIpc) is 3.31. The number of hydrogen-bond acceptors (Lipinski definition) is 5. The number of nitrogens with zero attached hydrogens (tertiary/aromatic N) is 5. The van der Waals surface area contributed by atoms with E-state index < -0.39 is 0 Å². The van der Waals surface area contributed by atoms with E-state index in [0.717, 1.165) is 18.4 Å². The number of ether oxygens (including phenoxy) is 2. The highest BCUT2D eigenvalue weighted by Gasteiger charge is 2.32. The molecule has 8 nitrogen and oxygen atoms in total. The average molecular weight is 345 g/mol. The van der Waals surface area contributed by atoms with Crippen LogP contribution in [0.5, 0.6) is 0 Å². The van der Waals surface area contributed by atoms with Crippen molar-refractivity contribution in [3.05, 3.63) is 35.9 Å². The predicted octanol–water partition coefficient (Wildman–Crippen LogP) is 1.18. The smallest absolute Gasteiger partial charge is 0.272 e. The van der Waals surface area contributed by atoms with Crippen molar-refractivity contribution >= 4 is 5.91 Å². The first-order valence-corrected chi connectivity index (χ1v) is 8.72. The Bertz CT molecular complexity index is 734. The summed E-state index contributed by atoms with van der Waals surface area (Å²) in [6, 6.07) is 1.92. The molecule has 0 radical (unpaired) electrons. The molecule has 2 fully saturated rings. The minimum atomic E-state index is -0.118. The van der Waals surface area contributed by atoms with E-state index in [0.29, 0.717) is 38.7 Å². The van der Waals surface area contributed by atoms with Crippen molar-refractivity contribution in [2.45, 2.75) is 24.9 Å². The van der Waals surface area contributed by atoms with E-state index in [-0.39, 0.29) is 18.0 Å². The Morgan fingerprint density at radius 3 is 2.80 bits per heavy atom. The molecular formula is C17H23N5O3. The van der Waals surface area contributed by atoms with Crippen LogP contribution in [0.15, 0.2) is 24.7 Å².